The molecule has 0 atom stereocenters. The number of hydrogen-bond acceptors (Lipinski definition) is 0. The molecule has 78 valence electrons. The summed E-state index contributed by atoms with van der Waals surface area (Å²) in [7, 11) is 2.13. The average molecular weight is 208 g/mol. The van der Waals surface area contributed by atoms with Crippen molar-refractivity contribution in [1.82, 2.24) is 0 Å². The van der Waals surface area contributed by atoms with Gasteiger partial charge in [-0.1, -0.05) is 24.3 Å². The summed E-state index contributed by atoms with van der Waals surface area (Å²) in [5.74, 6) is 0. The monoisotopic (exact) mass is 208 g/mol. The number of nitrogens with zero attached hydrogens (tertiary/aromatic N) is 1. The highest BCUT2D eigenvalue weighted by Gasteiger charge is 2.11. The first-order chi connectivity index (χ1) is 7.77. The van der Waals surface area contributed by atoms with Crippen molar-refractivity contribution in [1.29, 1.82) is 0 Å². The lowest BCUT2D eigenvalue weighted by molar-refractivity contribution is -0.650. The van der Waals surface area contributed by atoms with Crippen LogP contribution in [0, 0.1) is 6.92 Å². The maximum Gasteiger partial charge on any atom is 0.220 e. The van der Waals surface area contributed by atoms with Crippen LogP contribution in [0.3, 0.4) is 0 Å². The van der Waals surface area contributed by atoms with Crippen LogP contribution in [-0.2, 0) is 7.05 Å². The Bertz CT molecular complexity index is 683. The van der Waals surface area contributed by atoms with Gasteiger partial charge in [-0.15, -0.1) is 0 Å². The second-order valence-electron chi connectivity index (χ2n) is 4.26. The lowest BCUT2D eigenvalue weighted by Gasteiger charge is -2.03. The SMILES string of the molecule is Cc1ccc2ccc3ccccc3c2[n+]1C. The summed E-state index contributed by atoms with van der Waals surface area (Å²) in [6, 6.07) is 17.3. The van der Waals surface area contributed by atoms with Gasteiger partial charge in [0, 0.05) is 18.4 Å². The van der Waals surface area contributed by atoms with E-state index in [0.717, 1.165) is 0 Å². The fourth-order valence-corrected chi connectivity index (χ4v) is 2.28. The molecule has 0 saturated carbocycles. The number of benzene rings is 2. The lowest BCUT2D eigenvalue weighted by atomic mass is 10.1. The molecule has 1 heterocycles. The second-order valence-corrected chi connectivity index (χ2v) is 4.26. The number of rotatable bonds is 0. The maximum absolute atomic E-state index is 2.26. The molecule has 3 aromatic rings. The number of pyridine rings is 1. The highest BCUT2D eigenvalue weighted by Crippen LogP contribution is 2.22. The molecule has 0 bridgehead atoms. The molecule has 2 aromatic carbocycles. The molecule has 0 unspecified atom stereocenters. The van der Waals surface area contributed by atoms with Gasteiger partial charge in [0.15, 0.2) is 5.69 Å². The van der Waals surface area contributed by atoms with Crippen molar-refractivity contribution in [2.75, 3.05) is 0 Å². The Labute approximate surface area is 95.0 Å². The Morgan fingerprint density at radius 2 is 1.50 bits per heavy atom. The molecule has 0 aliphatic rings. The van der Waals surface area contributed by atoms with Gasteiger partial charge in [0.05, 0.1) is 5.39 Å². The minimum Gasteiger partial charge on any atom is -0.198 e. The molecule has 3 rings (SSSR count). The zero-order valence-electron chi connectivity index (χ0n) is 9.57. The van der Waals surface area contributed by atoms with Crippen LogP contribution < -0.4 is 4.57 Å². The Morgan fingerprint density at radius 1 is 0.812 bits per heavy atom. The molecule has 0 saturated heterocycles. The van der Waals surface area contributed by atoms with Gasteiger partial charge in [-0.2, -0.15) is 4.57 Å². The van der Waals surface area contributed by atoms with Crippen LogP contribution in [0.1, 0.15) is 5.69 Å². The average Bonchev–Trinajstić information content (AvgIpc) is 2.33. The molecule has 0 spiro atoms. The molecule has 0 N–H and O–H groups in total. The summed E-state index contributed by atoms with van der Waals surface area (Å²) in [6.45, 7) is 2.14. The van der Waals surface area contributed by atoms with Crippen LogP contribution in [-0.4, -0.2) is 0 Å². The zero-order chi connectivity index (χ0) is 11.1. The van der Waals surface area contributed by atoms with Crippen molar-refractivity contribution in [2.24, 2.45) is 7.05 Å². The molecule has 0 radical (unpaired) electrons. The zero-order valence-corrected chi connectivity index (χ0v) is 9.57. The van der Waals surface area contributed by atoms with E-state index in [9.17, 15) is 0 Å². The first-order valence-electron chi connectivity index (χ1n) is 5.54. The number of aromatic nitrogens is 1. The van der Waals surface area contributed by atoms with Crippen LogP contribution in [0.15, 0.2) is 48.5 Å². The molecule has 1 nitrogen and oxygen atoms in total. The van der Waals surface area contributed by atoms with Gasteiger partial charge in [-0.3, -0.25) is 0 Å². The van der Waals surface area contributed by atoms with Crippen molar-refractivity contribution in [3.8, 4) is 0 Å². The Kier molecular flexibility index (Phi) is 1.93. The minimum absolute atomic E-state index is 1.28. The van der Waals surface area contributed by atoms with Gasteiger partial charge in [-0.25, -0.2) is 0 Å². The fraction of sp³-hybridized carbons (Fsp3) is 0.133. The van der Waals surface area contributed by atoms with Crippen molar-refractivity contribution < 1.29 is 4.57 Å². The van der Waals surface area contributed by atoms with Gasteiger partial charge in [0.25, 0.3) is 0 Å². The molecule has 0 amide bonds. The molecular formula is C15H14N+. The molecule has 16 heavy (non-hydrogen) atoms. The normalized spacial score (nSPS) is 11.1. The molecule has 1 heteroatoms. The summed E-state index contributed by atoms with van der Waals surface area (Å²) in [6.07, 6.45) is 0. The molecule has 0 fully saturated rings. The molecular weight excluding hydrogens is 194 g/mol. The summed E-state index contributed by atoms with van der Waals surface area (Å²) in [4.78, 5) is 0. The van der Waals surface area contributed by atoms with Crippen LogP contribution in [0.25, 0.3) is 21.7 Å². The van der Waals surface area contributed by atoms with Crippen molar-refractivity contribution in [3.63, 3.8) is 0 Å². The highest BCUT2D eigenvalue weighted by atomic mass is 14.9. The molecule has 0 aliphatic carbocycles. The van der Waals surface area contributed by atoms with E-state index in [-0.39, 0.29) is 0 Å². The highest BCUT2D eigenvalue weighted by molar-refractivity contribution is 6.03. The number of hydrogen-bond donors (Lipinski definition) is 0. The first-order valence-corrected chi connectivity index (χ1v) is 5.54. The summed E-state index contributed by atoms with van der Waals surface area (Å²) >= 11 is 0. The van der Waals surface area contributed by atoms with Gasteiger partial charge >= 0.3 is 0 Å². The van der Waals surface area contributed by atoms with E-state index < -0.39 is 0 Å². The van der Waals surface area contributed by atoms with Gasteiger partial charge in [0.1, 0.15) is 7.05 Å². The molecule has 1 aromatic heterocycles. The van der Waals surface area contributed by atoms with Gasteiger partial charge < -0.3 is 0 Å². The lowest BCUT2D eigenvalue weighted by Crippen LogP contribution is -2.32. The Balaban J connectivity index is 2.63. The summed E-state index contributed by atoms with van der Waals surface area (Å²) < 4.78 is 2.26. The fourth-order valence-electron chi connectivity index (χ4n) is 2.28. The van der Waals surface area contributed by atoms with Gasteiger partial charge in [-0.05, 0) is 23.6 Å². The van der Waals surface area contributed by atoms with E-state index in [1.54, 1.807) is 0 Å². The summed E-state index contributed by atoms with van der Waals surface area (Å²) in [5.41, 5.74) is 2.60. The van der Waals surface area contributed by atoms with E-state index in [0.29, 0.717) is 0 Å². The Hall–Kier alpha value is -1.89. The van der Waals surface area contributed by atoms with Crippen LogP contribution in [0.5, 0.6) is 0 Å². The van der Waals surface area contributed by atoms with E-state index >= 15 is 0 Å². The van der Waals surface area contributed by atoms with E-state index in [1.165, 1.54) is 27.4 Å². The first kappa shape index (κ1) is 9.34. The topological polar surface area (TPSA) is 3.88 Å². The third-order valence-electron chi connectivity index (χ3n) is 3.30. The van der Waals surface area contributed by atoms with Crippen molar-refractivity contribution in [2.45, 2.75) is 6.92 Å². The minimum atomic E-state index is 1.28. The standard InChI is InChI=1S/C15H14N/c1-11-7-8-13-10-9-12-5-3-4-6-14(12)15(13)16(11)2/h3-10H,1-2H3/q+1. The van der Waals surface area contributed by atoms with Gasteiger partial charge in [0.2, 0.25) is 5.52 Å². The van der Waals surface area contributed by atoms with E-state index in [4.69, 9.17) is 0 Å². The smallest absolute Gasteiger partial charge is 0.198 e. The van der Waals surface area contributed by atoms with Crippen molar-refractivity contribution in [3.05, 3.63) is 54.2 Å². The van der Waals surface area contributed by atoms with Crippen LogP contribution in [0.2, 0.25) is 0 Å². The van der Waals surface area contributed by atoms with Crippen molar-refractivity contribution >= 4 is 21.7 Å². The van der Waals surface area contributed by atoms with Crippen LogP contribution in [0.4, 0.5) is 0 Å². The summed E-state index contributed by atoms with van der Waals surface area (Å²) in [5, 5.41) is 3.93. The van der Waals surface area contributed by atoms with E-state index in [2.05, 4.69) is 67.1 Å². The quantitative estimate of drug-likeness (QED) is 0.395. The third kappa shape index (κ3) is 1.21. The second kappa shape index (κ2) is 3.31. The maximum atomic E-state index is 2.26. The largest absolute Gasteiger partial charge is 0.220 e. The Morgan fingerprint density at radius 3 is 2.38 bits per heavy atom. The van der Waals surface area contributed by atoms with Crippen LogP contribution >= 0.6 is 0 Å². The third-order valence-corrected chi connectivity index (χ3v) is 3.30. The number of fused-ring (bicyclic) bond motifs is 3. The predicted molar refractivity (Wildman–Crippen MR) is 67.4 cm³/mol. The number of aryl methyl sites for hydroxylation is 2. The molecule has 0 aliphatic heterocycles. The van der Waals surface area contributed by atoms with E-state index in [1.807, 2.05) is 0 Å². The predicted octanol–water partition coefficient (Wildman–Crippen LogP) is 3.13.